The number of aromatic nitrogens is 1. The minimum Gasteiger partial charge on any atom is -0.316 e. The highest BCUT2D eigenvalue weighted by atomic mass is 79.9. The van der Waals surface area contributed by atoms with Gasteiger partial charge in [0.15, 0.2) is 15.6 Å². The first-order valence-corrected chi connectivity index (χ1v) is 12.0. The Morgan fingerprint density at radius 3 is 2.58 bits per heavy atom. The Labute approximate surface area is 187 Å². The number of nitriles is 1. The van der Waals surface area contributed by atoms with E-state index in [1.807, 2.05) is 6.07 Å². The van der Waals surface area contributed by atoms with E-state index in [9.17, 15) is 23.3 Å². The number of rotatable bonds is 3. The molecule has 4 rings (SSSR count). The molecule has 1 aromatic heterocycles. The van der Waals surface area contributed by atoms with Crippen LogP contribution in [0.15, 0.2) is 57.3 Å². The van der Waals surface area contributed by atoms with E-state index in [4.69, 9.17) is 0 Å². The summed E-state index contributed by atoms with van der Waals surface area (Å²) in [5, 5.41) is 9.21. The van der Waals surface area contributed by atoms with Crippen molar-refractivity contribution in [2.24, 2.45) is 0 Å². The van der Waals surface area contributed by atoms with Crippen molar-refractivity contribution in [3.05, 3.63) is 63.5 Å². The first-order valence-electron chi connectivity index (χ1n) is 9.31. The van der Waals surface area contributed by atoms with Gasteiger partial charge in [-0.15, -0.1) is 0 Å². The van der Waals surface area contributed by atoms with Gasteiger partial charge in [-0.2, -0.15) is 5.26 Å². The lowest BCUT2D eigenvalue weighted by atomic mass is 9.92. The van der Waals surface area contributed by atoms with Gasteiger partial charge in [0, 0.05) is 41.7 Å². The molecule has 1 unspecified atom stereocenters. The van der Waals surface area contributed by atoms with Crippen LogP contribution in [0.5, 0.6) is 0 Å². The van der Waals surface area contributed by atoms with Crippen LogP contribution in [0, 0.1) is 11.3 Å². The van der Waals surface area contributed by atoms with E-state index in [2.05, 4.69) is 20.9 Å². The number of likely N-dealkylation sites (N-methyl/N-ethyl adjacent to an activating group) is 1. The highest BCUT2D eigenvalue weighted by Crippen LogP contribution is 2.45. The number of ketones is 1. The Hall–Kier alpha value is -3.03. The molecule has 2 amide bonds. The van der Waals surface area contributed by atoms with Gasteiger partial charge in [0.1, 0.15) is 0 Å². The number of hydrogen-bond donors (Lipinski definition) is 0. The standard InChI is InChI=1S/C21H17BrN4O4S/c1-25-20(15-4-3-12(9-23)7-18(15)31(2,29)30)19-16(5-6-17(19)27)26(21(25)28)14-8-13(22)10-24-11-14/h3-4,7-8,10-11,20H,5-6H2,1-2H3. The summed E-state index contributed by atoms with van der Waals surface area (Å²) in [4.78, 5) is 33.2. The maximum absolute atomic E-state index is 13.4. The molecule has 0 fully saturated rings. The summed E-state index contributed by atoms with van der Waals surface area (Å²) in [6, 6.07) is 6.68. The van der Waals surface area contributed by atoms with Crippen LogP contribution >= 0.6 is 15.9 Å². The molecular weight excluding hydrogens is 484 g/mol. The van der Waals surface area contributed by atoms with Gasteiger partial charge < -0.3 is 4.90 Å². The molecule has 0 N–H and O–H groups in total. The summed E-state index contributed by atoms with van der Waals surface area (Å²) in [7, 11) is -2.19. The first-order chi connectivity index (χ1) is 14.6. The highest BCUT2D eigenvalue weighted by molar-refractivity contribution is 9.10. The Balaban J connectivity index is 1.97. The third-order valence-corrected chi connectivity index (χ3v) is 7.00. The van der Waals surface area contributed by atoms with Gasteiger partial charge in [-0.05, 0) is 46.1 Å². The Morgan fingerprint density at radius 2 is 1.94 bits per heavy atom. The molecule has 0 bridgehead atoms. The second kappa shape index (κ2) is 7.59. The molecule has 0 spiro atoms. The molecule has 2 heterocycles. The van der Waals surface area contributed by atoms with Crippen molar-refractivity contribution < 1.29 is 18.0 Å². The number of allylic oxidation sites excluding steroid dienone is 1. The molecule has 0 saturated carbocycles. The average molecular weight is 501 g/mol. The second-order valence-corrected chi connectivity index (χ2v) is 10.3. The fourth-order valence-corrected chi connectivity index (χ4v) is 5.39. The van der Waals surface area contributed by atoms with Crippen LogP contribution in [0.3, 0.4) is 0 Å². The lowest BCUT2D eigenvalue weighted by Crippen LogP contribution is -2.48. The number of sulfone groups is 1. The summed E-state index contributed by atoms with van der Waals surface area (Å²) in [6.45, 7) is 0. The van der Waals surface area contributed by atoms with E-state index < -0.39 is 21.9 Å². The average Bonchev–Trinajstić information content (AvgIpc) is 3.09. The van der Waals surface area contributed by atoms with Gasteiger partial charge in [-0.3, -0.25) is 14.7 Å². The van der Waals surface area contributed by atoms with E-state index >= 15 is 0 Å². The second-order valence-electron chi connectivity index (χ2n) is 7.41. The monoisotopic (exact) mass is 500 g/mol. The number of urea groups is 1. The van der Waals surface area contributed by atoms with Crippen LogP contribution in [-0.4, -0.2) is 43.4 Å². The predicted octanol–water partition coefficient (Wildman–Crippen LogP) is 3.35. The molecule has 0 radical (unpaired) electrons. The summed E-state index contributed by atoms with van der Waals surface area (Å²) in [5.74, 6) is -0.142. The number of Topliss-reactive ketones (excluding diaryl/α,β-unsaturated/α-hetero) is 1. The number of halogens is 1. The van der Waals surface area contributed by atoms with E-state index in [0.29, 0.717) is 33.4 Å². The maximum Gasteiger partial charge on any atom is 0.329 e. The fraction of sp³-hybridized carbons (Fsp3) is 0.238. The quantitative estimate of drug-likeness (QED) is 0.638. The van der Waals surface area contributed by atoms with E-state index in [0.717, 1.165) is 6.26 Å². The van der Waals surface area contributed by atoms with Gasteiger partial charge in [0.05, 0.1) is 34.5 Å². The summed E-state index contributed by atoms with van der Waals surface area (Å²) in [6.07, 6.45) is 4.76. The molecule has 31 heavy (non-hydrogen) atoms. The van der Waals surface area contributed by atoms with Crippen molar-refractivity contribution in [1.82, 2.24) is 9.88 Å². The number of carbonyl (C=O) groups is 2. The number of hydrogen-bond acceptors (Lipinski definition) is 6. The van der Waals surface area contributed by atoms with Crippen molar-refractivity contribution in [3.63, 3.8) is 0 Å². The third-order valence-electron chi connectivity index (χ3n) is 5.41. The molecule has 1 aliphatic carbocycles. The number of nitrogens with zero attached hydrogens (tertiary/aromatic N) is 4. The van der Waals surface area contributed by atoms with Gasteiger partial charge in [0.25, 0.3) is 0 Å². The molecule has 8 nitrogen and oxygen atoms in total. The molecule has 1 aliphatic heterocycles. The predicted molar refractivity (Wildman–Crippen MR) is 116 cm³/mol. The van der Waals surface area contributed by atoms with Crippen LogP contribution in [0.4, 0.5) is 10.5 Å². The molecular formula is C21H17BrN4O4S. The number of anilines is 1. The zero-order valence-electron chi connectivity index (χ0n) is 16.7. The normalized spacial score (nSPS) is 19.0. The van der Waals surface area contributed by atoms with E-state index in [-0.39, 0.29) is 22.7 Å². The van der Waals surface area contributed by atoms with Crippen molar-refractivity contribution in [3.8, 4) is 6.07 Å². The molecule has 2 aromatic rings. The van der Waals surface area contributed by atoms with Crippen LogP contribution in [0.1, 0.15) is 30.0 Å². The van der Waals surface area contributed by atoms with Crippen molar-refractivity contribution >= 4 is 43.3 Å². The Bertz CT molecular complexity index is 1310. The molecule has 0 saturated heterocycles. The lowest BCUT2D eigenvalue weighted by molar-refractivity contribution is -0.115. The zero-order valence-corrected chi connectivity index (χ0v) is 19.1. The molecule has 10 heteroatoms. The number of carbonyl (C=O) groups excluding carboxylic acids is 2. The van der Waals surface area contributed by atoms with Gasteiger partial charge in [-0.1, -0.05) is 6.07 Å². The van der Waals surface area contributed by atoms with Gasteiger partial charge >= 0.3 is 6.03 Å². The molecule has 158 valence electrons. The number of benzene rings is 1. The summed E-state index contributed by atoms with van der Waals surface area (Å²) in [5.41, 5.74) is 1.92. The Morgan fingerprint density at radius 1 is 1.19 bits per heavy atom. The van der Waals surface area contributed by atoms with Crippen molar-refractivity contribution in [2.75, 3.05) is 18.2 Å². The summed E-state index contributed by atoms with van der Waals surface area (Å²) < 4.78 is 25.7. The van der Waals surface area contributed by atoms with Crippen molar-refractivity contribution in [1.29, 1.82) is 5.26 Å². The largest absolute Gasteiger partial charge is 0.329 e. The fourth-order valence-electron chi connectivity index (χ4n) is 4.09. The maximum atomic E-state index is 13.4. The Kier molecular flexibility index (Phi) is 5.19. The summed E-state index contributed by atoms with van der Waals surface area (Å²) >= 11 is 3.35. The van der Waals surface area contributed by atoms with E-state index in [1.54, 1.807) is 12.3 Å². The van der Waals surface area contributed by atoms with Crippen LogP contribution in [0.25, 0.3) is 0 Å². The van der Waals surface area contributed by atoms with Crippen molar-refractivity contribution in [2.45, 2.75) is 23.8 Å². The van der Waals surface area contributed by atoms with Gasteiger partial charge in [0.2, 0.25) is 0 Å². The minimum atomic E-state index is -3.73. The smallest absolute Gasteiger partial charge is 0.316 e. The number of pyridine rings is 1. The highest BCUT2D eigenvalue weighted by Gasteiger charge is 2.45. The van der Waals surface area contributed by atoms with Gasteiger partial charge in [-0.25, -0.2) is 13.2 Å². The number of amides is 2. The topological polar surface area (TPSA) is 111 Å². The van der Waals surface area contributed by atoms with E-state index in [1.165, 1.54) is 41.2 Å². The third kappa shape index (κ3) is 3.54. The molecule has 2 aliphatic rings. The van der Waals surface area contributed by atoms with Crippen LogP contribution in [-0.2, 0) is 14.6 Å². The van der Waals surface area contributed by atoms with Crippen LogP contribution < -0.4 is 4.90 Å². The zero-order chi connectivity index (χ0) is 22.5. The lowest BCUT2D eigenvalue weighted by Gasteiger charge is -2.40. The first kappa shape index (κ1) is 21.2. The minimum absolute atomic E-state index is 0.0691. The molecule has 1 aromatic carbocycles. The molecule has 1 atom stereocenters. The SMILES string of the molecule is CN1C(=O)N(c2cncc(Br)c2)C2=C(C(=O)CC2)C1c1ccc(C#N)cc1S(C)(=O)=O. The van der Waals surface area contributed by atoms with Crippen LogP contribution in [0.2, 0.25) is 0 Å².